The highest BCUT2D eigenvalue weighted by atomic mass is 35.6. The molecule has 1 aromatic rings. The minimum atomic E-state index is -1.87. The van der Waals surface area contributed by atoms with Crippen molar-refractivity contribution in [3.8, 4) is 0 Å². The van der Waals surface area contributed by atoms with Gasteiger partial charge in [-0.2, -0.15) is 11.1 Å². The lowest BCUT2D eigenvalue weighted by atomic mass is 9.84. The Morgan fingerprint density at radius 1 is 1.08 bits per heavy atom. The largest absolute Gasteiger partial charge is 0.166 e. The highest BCUT2D eigenvalue weighted by Crippen LogP contribution is 2.48. The Balaban J connectivity index is 1.87. The van der Waals surface area contributed by atoms with Crippen molar-refractivity contribution in [2.45, 2.75) is 77.4 Å². The molecule has 132 valence electrons. The van der Waals surface area contributed by atoms with Crippen LogP contribution in [0, 0.1) is 11.3 Å². The summed E-state index contributed by atoms with van der Waals surface area (Å²) in [6.45, 7) is 9.36. The normalized spacial score (nSPS) is 24.4. The molecule has 1 fully saturated rings. The molecule has 2 aliphatic carbocycles. The van der Waals surface area contributed by atoms with Crippen molar-refractivity contribution in [3.63, 3.8) is 0 Å². The van der Waals surface area contributed by atoms with Crippen LogP contribution in [0.2, 0.25) is 12.6 Å². The van der Waals surface area contributed by atoms with E-state index in [1.807, 2.05) is 0 Å². The van der Waals surface area contributed by atoms with Crippen LogP contribution < -0.4 is 0 Å². The van der Waals surface area contributed by atoms with Gasteiger partial charge in [-0.15, -0.1) is 0 Å². The Morgan fingerprint density at radius 3 is 2.42 bits per heavy atom. The van der Waals surface area contributed by atoms with E-state index in [2.05, 4.69) is 57.7 Å². The van der Waals surface area contributed by atoms with E-state index in [0.717, 1.165) is 12.0 Å². The maximum Gasteiger partial charge on any atom is 0.165 e. The lowest BCUT2D eigenvalue weighted by Gasteiger charge is -2.33. The molecule has 2 heteroatoms. The first-order chi connectivity index (χ1) is 11.3. The van der Waals surface area contributed by atoms with Crippen LogP contribution in [-0.4, -0.2) is 7.38 Å². The van der Waals surface area contributed by atoms with Crippen LogP contribution >= 0.6 is 11.1 Å². The fourth-order valence-corrected chi connectivity index (χ4v) is 10.5. The Labute approximate surface area is 154 Å². The van der Waals surface area contributed by atoms with Gasteiger partial charge in [0.15, 0.2) is 7.38 Å². The molecule has 0 bridgehead atoms. The third-order valence-electron chi connectivity index (χ3n) is 5.77. The highest BCUT2D eigenvalue weighted by Gasteiger charge is 2.42. The Kier molecular flexibility index (Phi) is 5.32. The molecule has 1 saturated carbocycles. The molecular formula is C22H33ClSi. The van der Waals surface area contributed by atoms with E-state index in [4.69, 9.17) is 11.1 Å². The van der Waals surface area contributed by atoms with Gasteiger partial charge in [0, 0.05) is 5.54 Å². The molecule has 2 unspecified atom stereocenters. The second-order valence-electron chi connectivity index (χ2n) is 9.48. The fourth-order valence-electron chi connectivity index (χ4n) is 4.97. The first-order valence-electron chi connectivity index (χ1n) is 9.75. The molecule has 1 aromatic carbocycles. The van der Waals surface area contributed by atoms with Crippen molar-refractivity contribution in [2.24, 2.45) is 11.3 Å². The van der Waals surface area contributed by atoms with Gasteiger partial charge in [0.25, 0.3) is 0 Å². The summed E-state index contributed by atoms with van der Waals surface area (Å²) in [6.07, 6.45) is 11.0. The molecule has 2 atom stereocenters. The Bertz CT molecular complexity index is 603. The van der Waals surface area contributed by atoms with Crippen LogP contribution in [-0.2, 0) is 0 Å². The van der Waals surface area contributed by atoms with Crippen molar-refractivity contribution < 1.29 is 0 Å². The summed E-state index contributed by atoms with van der Waals surface area (Å²) < 4.78 is 0. The molecule has 0 aromatic heterocycles. The number of fused-ring (bicyclic) bond motifs is 1. The Hall–Kier alpha value is -0.533. The molecule has 2 aliphatic rings. The SMILES string of the molecule is CC(C)(C)C[Si](C)(Cl)C1C=C(CC2CCCCC2)c2ccccc21. The average molecular weight is 361 g/mol. The van der Waals surface area contributed by atoms with E-state index in [0.29, 0.717) is 11.0 Å². The summed E-state index contributed by atoms with van der Waals surface area (Å²) in [5.41, 5.74) is 5.39. The number of hydrogen-bond acceptors (Lipinski definition) is 0. The first-order valence-corrected chi connectivity index (χ1v) is 13.5. The number of hydrogen-bond donors (Lipinski definition) is 0. The van der Waals surface area contributed by atoms with Crippen molar-refractivity contribution in [1.29, 1.82) is 0 Å². The second kappa shape index (κ2) is 7.00. The summed E-state index contributed by atoms with van der Waals surface area (Å²) in [4.78, 5) is 0. The highest BCUT2D eigenvalue weighted by molar-refractivity contribution is 7.20. The average Bonchev–Trinajstić information content (AvgIpc) is 2.86. The van der Waals surface area contributed by atoms with Crippen molar-refractivity contribution in [2.75, 3.05) is 0 Å². The maximum absolute atomic E-state index is 7.26. The van der Waals surface area contributed by atoms with Crippen molar-refractivity contribution in [3.05, 3.63) is 41.5 Å². The number of allylic oxidation sites excluding steroid dienone is 2. The predicted octanol–water partition coefficient (Wildman–Crippen LogP) is 7.54. The summed E-state index contributed by atoms with van der Waals surface area (Å²) in [5.74, 6) is 0.891. The standard InChI is InChI=1S/C22H33ClSi/c1-22(2,3)16-24(4,23)21-15-18(14-17-10-6-5-7-11-17)19-12-8-9-13-20(19)21/h8-9,12-13,15,17,21H,5-7,10-11,14,16H2,1-4H3. The molecule has 0 saturated heterocycles. The summed E-state index contributed by atoms with van der Waals surface area (Å²) in [6, 6.07) is 10.2. The maximum atomic E-state index is 7.26. The number of benzene rings is 1. The van der Waals surface area contributed by atoms with E-state index >= 15 is 0 Å². The van der Waals surface area contributed by atoms with Crippen LogP contribution in [0.1, 0.15) is 76.0 Å². The lowest BCUT2D eigenvalue weighted by Crippen LogP contribution is -2.35. The third-order valence-corrected chi connectivity index (χ3v) is 10.4. The second-order valence-corrected chi connectivity index (χ2v) is 15.6. The summed E-state index contributed by atoms with van der Waals surface area (Å²) >= 11 is 7.26. The van der Waals surface area contributed by atoms with Gasteiger partial charge in [0.05, 0.1) is 0 Å². The van der Waals surface area contributed by atoms with E-state index in [1.54, 1.807) is 5.57 Å². The van der Waals surface area contributed by atoms with Gasteiger partial charge in [-0.25, -0.2) is 0 Å². The van der Waals surface area contributed by atoms with E-state index in [1.165, 1.54) is 49.7 Å². The van der Waals surface area contributed by atoms with E-state index in [-0.39, 0.29) is 0 Å². The molecule has 0 nitrogen and oxygen atoms in total. The van der Waals surface area contributed by atoms with Gasteiger partial charge in [-0.05, 0) is 40.5 Å². The van der Waals surface area contributed by atoms with E-state index in [9.17, 15) is 0 Å². The lowest BCUT2D eigenvalue weighted by molar-refractivity contribution is 0.365. The monoisotopic (exact) mass is 360 g/mol. The predicted molar refractivity (Wildman–Crippen MR) is 110 cm³/mol. The minimum absolute atomic E-state index is 0.303. The van der Waals surface area contributed by atoms with Gasteiger partial charge < -0.3 is 0 Å². The van der Waals surface area contributed by atoms with Gasteiger partial charge in [0.2, 0.25) is 0 Å². The molecule has 0 radical (unpaired) electrons. The molecule has 0 aliphatic heterocycles. The number of rotatable bonds is 4. The summed E-state index contributed by atoms with van der Waals surface area (Å²) in [7, 11) is -1.87. The van der Waals surface area contributed by atoms with Crippen LogP contribution in [0.3, 0.4) is 0 Å². The topological polar surface area (TPSA) is 0 Å². The van der Waals surface area contributed by atoms with E-state index < -0.39 is 7.38 Å². The molecular weight excluding hydrogens is 328 g/mol. The Morgan fingerprint density at radius 2 is 1.75 bits per heavy atom. The van der Waals surface area contributed by atoms with Crippen LogP contribution in [0.25, 0.3) is 5.57 Å². The summed E-state index contributed by atoms with van der Waals surface area (Å²) in [5, 5.41) is 0. The van der Waals surface area contributed by atoms with Crippen LogP contribution in [0.4, 0.5) is 0 Å². The minimum Gasteiger partial charge on any atom is -0.166 e. The zero-order valence-electron chi connectivity index (χ0n) is 15.9. The number of halogens is 1. The molecule has 0 heterocycles. The molecule has 3 rings (SSSR count). The molecule has 24 heavy (non-hydrogen) atoms. The molecule has 0 amide bonds. The fraction of sp³-hybridized carbons (Fsp3) is 0.636. The smallest absolute Gasteiger partial charge is 0.165 e. The quantitative estimate of drug-likeness (QED) is 0.384. The zero-order chi connectivity index (χ0) is 17.4. The molecule has 0 N–H and O–H groups in total. The van der Waals surface area contributed by atoms with Crippen molar-refractivity contribution in [1.82, 2.24) is 0 Å². The van der Waals surface area contributed by atoms with Gasteiger partial charge in [-0.1, -0.05) is 89.8 Å². The van der Waals surface area contributed by atoms with Crippen molar-refractivity contribution >= 4 is 24.0 Å². The van der Waals surface area contributed by atoms with Gasteiger partial charge in [0.1, 0.15) is 0 Å². The van der Waals surface area contributed by atoms with Crippen LogP contribution in [0.5, 0.6) is 0 Å². The zero-order valence-corrected chi connectivity index (χ0v) is 17.6. The van der Waals surface area contributed by atoms with Crippen LogP contribution in [0.15, 0.2) is 30.3 Å². The van der Waals surface area contributed by atoms with Gasteiger partial charge in [-0.3, -0.25) is 0 Å². The third kappa shape index (κ3) is 4.16. The molecule has 0 spiro atoms. The first kappa shape index (κ1) is 18.3. The van der Waals surface area contributed by atoms with Gasteiger partial charge >= 0.3 is 0 Å².